The molecule has 4 aromatic carbocycles. The van der Waals surface area contributed by atoms with E-state index in [0.717, 1.165) is 28.1 Å². The Bertz CT molecular complexity index is 1780. The number of anilines is 5. The predicted molar refractivity (Wildman–Crippen MR) is 170 cm³/mol. The van der Waals surface area contributed by atoms with Gasteiger partial charge in [-0.15, -0.1) is 0 Å². The van der Waals surface area contributed by atoms with Gasteiger partial charge in [-0.05, 0) is 64.7 Å². The smallest absolute Gasteiger partial charge is 0.311 e. The van der Waals surface area contributed by atoms with E-state index in [9.17, 15) is 10.1 Å². The number of nitrogens with one attached hydrogen (secondary N) is 2. The Hall–Kier alpha value is -6.02. The number of rotatable bonds is 7. The van der Waals surface area contributed by atoms with Crippen LogP contribution in [0.1, 0.15) is 0 Å². The molecule has 0 radical (unpaired) electrons. The van der Waals surface area contributed by atoms with Crippen molar-refractivity contribution in [3.8, 4) is 22.3 Å². The highest BCUT2D eigenvalue weighted by molar-refractivity contribution is 5.74. The SMILES string of the molecule is Nc1cccnc1Nc1cccc(-c2ccccc2)c1.O=[N+]([O-])c1cccnc1Nc1cccc(-c2ccccc2)c1. The van der Waals surface area contributed by atoms with E-state index < -0.39 is 4.92 Å². The van der Waals surface area contributed by atoms with E-state index >= 15 is 0 Å². The first kappa shape index (κ1) is 27.5. The normalized spacial score (nSPS) is 10.2. The van der Waals surface area contributed by atoms with E-state index in [1.54, 1.807) is 12.3 Å². The zero-order valence-corrected chi connectivity index (χ0v) is 22.6. The molecule has 0 bridgehead atoms. The van der Waals surface area contributed by atoms with Crippen LogP contribution < -0.4 is 16.4 Å². The summed E-state index contributed by atoms with van der Waals surface area (Å²) in [6, 6.07) is 42.7. The molecule has 4 N–H and O–H groups in total. The highest BCUT2D eigenvalue weighted by atomic mass is 16.6. The molecule has 0 spiro atoms. The summed E-state index contributed by atoms with van der Waals surface area (Å²) in [5, 5.41) is 17.3. The summed E-state index contributed by atoms with van der Waals surface area (Å²) in [4.78, 5) is 18.9. The van der Waals surface area contributed by atoms with E-state index in [1.807, 2.05) is 97.1 Å². The molecule has 0 unspecified atom stereocenters. The summed E-state index contributed by atoms with van der Waals surface area (Å²) >= 11 is 0. The summed E-state index contributed by atoms with van der Waals surface area (Å²) in [7, 11) is 0. The summed E-state index contributed by atoms with van der Waals surface area (Å²) in [6.07, 6.45) is 3.25. The molecule has 0 aliphatic heterocycles. The second-order valence-corrected chi connectivity index (χ2v) is 9.21. The van der Waals surface area contributed by atoms with Crippen molar-refractivity contribution in [1.29, 1.82) is 0 Å². The van der Waals surface area contributed by atoms with Crippen LogP contribution in [0, 0.1) is 10.1 Å². The number of benzene rings is 4. The molecule has 8 nitrogen and oxygen atoms in total. The molecule has 206 valence electrons. The van der Waals surface area contributed by atoms with Crippen LogP contribution in [0.5, 0.6) is 0 Å². The van der Waals surface area contributed by atoms with Gasteiger partial charge in [0.15, 0.2) is 5.82 Å². The minimum absolute atomic E-state index is 0.0485. The summed E-state index contributed by atoms with van der Waals surface area (Å²) in [6.45, 7) is 0. The summed E-state index contributed by atoms with van der Waals surface area (Å²) in [5.41, 5.74) is 12.7. The second kappa shape index (κ2) is 13.4. The van der Waals surface area contributed by atoms with Gasteiger partial charge in [0.1, 0.15) is 0 Å². The molecule has 2 aromatic heterocycles. The van der Waals surface area contributed by atoms with Crippen molar-refractivity contribution in [1.82, 2.24) is 9.97 Å². The third-order valence-electron chi connectivity index (χ3n) is 6.29. The molecule has 8 heteroatoms. The lowest BCUT2D eigenvalue weighted by molar-refractivity contribution is -0.384. The molecule has 0 aliphatic carbocycles. The molecular weight excluding hydrogens is 524 g/mol. The van der Waals surface area contributed by atoms with Crippen LogP contribution in [0.3, 0.4) is 0 Å². The summed E-state index contributed by atoms with van der Waals surface area (Å²) in [5.74, 6) is 0.912. The number of nitrogens with two attached hydrogens (primary N) is 1. The first-order valence-corrected chi connectivity index (χ1v) is 13.2. The molecule has 0 saturated carbocycles. The number of nitro groups is 1. The van der Waals surface area contributed by atoms with Crippen molar-refractivity contribution in [2.24, 2.45) is 0 Å². The Morgan fingerprint density at radius 2 is 1.02 bits per heavy atom. The molecule has 0 amide bonds. The Kier molecular flexibility index (Phi) is 8.76. The van der Waals surface area contributed by atoms with Crippen molar-refractivity contribution in [2.45, 2.75) is 0 Å². The molecular formula is C34H28N6O2. The van der Waals surface area contributed by atoms with E-state index in [4.69, 9.17) is 5.73 Å². The lowest BCUT2D eigenvalue weighted by Crippen LogP contribution is -1.99. The van der Waals surface area contributed by atoms with Crippen molar-refractivity contribution < 1.29 is 4.92 Å². The average molecular weight is 553 g/mol. The van der Waals surface area contributed by atoms with Crippen LogP contribution in [-0.4, -0.2) is 14.9 Å². The first-order chi connectivity index (χ1) is 20.6. The number of pyridine rings is 2. The molecule has 0 saturated heterocycles. The Morgan fingerprint density at radius 1 is 0.548 bits per heavy atom. The van der Waals surface area contributed by atoms with Gasteiger partial charge in [0.05, 0.1) is 10.6 Å². The van der Waals surface area contributed by atoms with Gasteiger partial charge in [-0.2, -0.15) is 0 Å². The van der Waals surface area contributed by atoms with Crippen LogP contribution in [-0.2, 0) is 0 Å². The standard InChI is InChI=1S/C17H13N3O2.C17H15N3/c21-20(22)16-10-5-11-18-17(16)19-15-9-4-8-14(12-15)13-6-2-1-3-7-13;18-16-10-5-11-19-17(16)20-15-9-4-8-14(12-15)13-6-2-1-3-7-13/h1-12H,(H,18,19);1-12H,18H2,(H,19,20). The highest BCUT2D eigenvalue weighted by Crippen LogP contribution is 2.28. The Balaban J connectivity index is 0.000000169. The Labute approximate surface area is 243 Å². The third-order valence-corrected chi connectivity index (χ3v) is 6.29. The number of hydrogen-bond acceptors (Lipinski definition) is 7. The van der Waals surface area contributed by atoms with Crippen LogP contribution >= 0.6 is 0 Å². The quantitative estimate of drug-likeness (QED) is 0.134. The van der Waals surface area contributed by atoms with Gasteiger partial charge < -0.3 is 16.4 Å². The molecule has 42 heavy (non-hydrogen) atoms. The fourth-order valence-electron chi connectivity index (χ4n) is 4.25. The zero-order valence-electron chi connectivity index (χ0n) is 22.6. The lowest BCUT2D eigenvalue weighted by atomic mass is 10.1. The molecule has 0 aliphatic rings. The van der Waals surface area contributed by atoms with Crippen molar-refractivity contribution in [3.05, 3.63) is 156 Å². The van der Waals surface area contributed by atoms with Crippen LogP contribution in [0.25, 0.3) is 22.3 Å². The minimum Gasteiger partial charge on any atom is -0.396 e. The largest absolute Gasteiger partial charge is 0.396 e. The van der Waals surface area contributed by atoms with Gasteiger partial charge in [0, 0.05) is 29.8 Å². The van der Waals surface area contributed by atoms with Gasteiger partial charge in [-0.25, -0.2) is 9.97 Å². The highest BCUT2D eigenvalue weighted by Gasteiger charge is 2.14. The number of aromatic nitrogens is 2. The van der Waals surface area contributed by atoms with Crippen LogP contribution in [0.4, 0.5) is 34.4 Å². The van der Waals surface area contributed by atoms with E-state index in [0.29, 0.717) is 11.5 Å². The van der Waals surface area contributed by atoms with Gasteiger partial charge in [-0.3, -0.25) is 10.1 Å². The van der Waals surface area contributed by atoms with Gasteiger partial charge in [0.2, 0.25) is 5.82 Å². The predicted octanol–water partition coefficient (Wildman–Crippen LogP) is 8.47. The zero-order chi connectivity index (χ0) is 29.1. The van der Waals surface area contributed by atoms with E-state index in [1.165, 1.54) is 17.8 Å². The topological polar surface area (TPSA) is 119 Å². The van der Waals surface area contributed by atoms with Gasteiger partial charge >= 0.3 is 5.69 Å². The van der Waals surface area contributed by atoms with Crippen molar-refractivity contribution in [2.75, 3.05) is 16.4 Å². The fraction of sp³-hybridized carbons (Fsp3) is 0. The monoisotopic (exact) mass is 552 g/mol. The maximum atomic E-state index is 11.0. The van der Waals surface area contributed by atoms with Gasteiger partial charge in [0.25, 0.3) is 0 Å². The Morgan fingerprint density at radius 3 is 1.55 bits per heavy atom. The number of nitrogens with zero attached hydrogens (tertiary/aromatic N) is 3. The average Bonchev–Trinajstić information content (AvgIpc) is 3.04. The number of hydrogen-bond donors (Lipinski definition) is 3. The van der Waals surface area contributed by atoms with E-state index in [-0.39, 0.29) is 11.5 Å². The minimum atomic E-state index is -0.448. The maximum absolute atomic E-state index is 11.0. The molecule has 0 fully saturated rings. The molecule has 6 rings (SSSR count). The molecule has 2 heterocycles. The lowest BCUT2D eigenvalue weighted by Gasteiger charge is -2.09. The first-order valence-electron chi connectivity index (χ1n) is 13.2. The van der Waals surface area contributed by atoms with Gasteiger partial charge in [-0.1, -0.05) is 84.9 Å². The second-order valence-electron chi connectivity index (χ2n) is 9.21. The van der Waals surface area contributed by atoms with Crippen LogP contribution in [0.15, 0.2) is 146 Å². The number of nitrogen functional groups attached to an aromatic ring is 1. The molecule has 0 atom stereocenters. The molecule has 6 aromatic rings. The maximum Gasteiger partial charge on any atom is 0.311 e. The van der Waals surface area contributed by atoms with Crippen molar-refractivity contribution in [3.63, 3.8) is 0 Å². The van der Waals surface area contributed by atoms with Crippen molar-refractivity contribution >= 4 is 34.4 Å². The van der Waals surface area contributed by atoms with Crippen LogP contribution in [0.2, 0.25) is 0 Å². The third kappa shape index (κ3) is 7.13. The van der Waals surface area contributed by atoms with E-state index in [2.05, 4.69) is 44.9 Å². The summed E-state index contributed by atoms with van der Waals surface area (Å²) < 4.78 is 0. The fourth-order valence-corrected chi connectivity index (χ4v) is 4.25.